The maximum Gasteiger partial charge on any atom is 0.280 e. The normalized spacial score (nSPS) is 22.7. The van der Waals surface area contributed by atoms with Crippen LogP contribution in [0.25, 0.3) is 10.9 Å². The van der Waals surface area contributed by atoms with Crippen molar-refractivity contribution >= 4 is 45.7 Å². The molecule has 0 unspecified atom stereocenters. The number of nitrogens with zero attached hydrogens (tertiary/aromatic N) is 2. The minimum absolute atomic E-state index is 0.172. The number of benzene rings is 1. The first-order chi connectivity index (χ1) is 16.9. The average Bonchev–Trinajstić information content (AvgIpc) is 3.44. The molecule has 1 aliphatic heterocycles. The van der Waals surface area contributed by atoms with Gasteiger partial charge in [0.1, 0.15) is 5.69 Å². The van der Waals surface area contributed by atoms with Gasteiger partial charge in [-0.25, -0.2) is 4.98 Å². The number of amides is 2. The van der Waals surface area contributed by atoms with Crippen molar-refractivity contribution < 1.29 is 14.3 Å². The predicted molar refractivity (Wildman–Crippen MR) is 137 cm³/mol. The van der Waals surface area contributed by atoms with E-state index in [2.05, 4.69) is 32.5 Å². The van der Waals surface area contributed by atoms with Crippen LogP contribution < -0.4 is 10.6 Å². The Bertz CT molecular complexity index is 1240. The molecule has 8 nitrogen and oxygen atoms in total. The fraction of sp³-hybridized carbons (Fsp3) is 0.480. The van der Waals surface area contributed by atoms with E-state index in [-0.39, 0.29) is 23.9 Å². The second-order valence-corrected chi connectivity index (χ2v) is 11.1. The maximum atomic E-state index is 13.2. The molecule has 5 rings (SSSR count). The molecule has 3 N–H and O–H groups in total. The van der Waals surface area contributed by atoms with Crippen LogP contribution in [0.4, 0.5) is 0 Å². The highest BCUT2D eigenvalue weighted by atomic mass is 35.5. The van der Waals surface area contributed by atoms with E-state index < -0.39 is 0 Å². The van der Waals surface area contributed by atoms with Crippen molar-refractivity contribution in [1.29, 1.82) is 0 Å². The summed E-state index contributed by atoms with van der Waals surface area (Å²) in [4.78, 5) is 37.5. The first-order valence-electron chi connectivity index (χ1n) is 12.0. The molecule has 2 aliphatic rings. The second kappa shape index (κ2) is 10.3. The predicted octanol–water partition coefficient (Wildman–Crippen LogP) is 3.61. The number of aromatic nitrogens is 2. The molecule has 1 saturated carbocycles. The topological polar surface area (TPSA) is 99.3 Å². The number of carbonyl (C=O) groups is 2. The lowest BCUT2D eigenvalue weighted by Gasteiger charge is -2.36. The number of hydrogen-bond acceptors (Lipinski definition) is 6. The van der Waals surface area contributed by atoms with Gasteiger partial charge < -0.3 is 25.3 Å². The summed E-state index contributed by atoms with van der Waals surface area (Å²) in [7, 11) is 3.77. The summed E-state index contributed by atoms with van der Waals surface area (Å²) >= 11 is 7.56. The quantitative estimate of drug-likeness (QED) is 0.466. The van der Waals surface area contributed by atoms with E-state index in [9.17, 15) is 9.59 Å². The number of fused-ring (bicyclic) bond motifs is 2. The number of H-pyrrole nitrogens is 1. The van der Waals surface area contributed by atoms with Crippen LogP contribution in [-0.4, -0.2) is 66.1 Å². The van der Waals surface area contributed by atoms with Crippen molar-refractivity contribution in [2.75, 3.05) is 27.3 Å². The largest absolute Gasteiger partial charge is 0.384 e. The lowest BCUT2D eigenvalue weighted by Crippen LogP contribution is -2.55. The highest BCUT2D eigenvalue weighted by Gasteiger charge is 2.34. The van der Waals surface area contributed by atoms with E-state index >= 15 is 0 Å². The van der Waals surface area contributed by atoms with Gasteiger partial charge >= 0.3 is 0 Å². The van der Waals surface area contributed by atoms with Gasteiger partial charge in [0, 0.05) is 66.1 Å². The summed E-state index contributed by atoms with van der Waals surface area (Å²) in [6, 6.07) is 6.89. The summed E-state index contributed by atoms with van der Waals surface area (Å²) in [6.07, 6.45) is 3.28. The van der Waals surface area contributed by atoms with E-state index in [1.54, 1.807) is 19.2 Å². The van der Waals surface area contributed by atoms with Crippen molar-refractivity contribution in [1.82, 2.24) is 25.5 Å². The van der Waals surface area contributed by atoms with Gasteiger partial charge in [0.2, 0.25) is 0 Å². The van der Waals surface area contributed by atoms with Crippen LogP contribution in [0.1, 0.15) is 50.1 Å². The smallest absolute Gasteiger partial charge is 0.280 e. The van der Waals surface area contributed by atoms with Crippen LogP contribution in [0.15, 0.2) is 24.3 Å². The standard InChI is InChI=1S/C25H30ClN5O3S/c1-31-8-7-19-22(12-31)35-25(30-19)24(33)29-20-9-14(13-34-2)3-5-18(20)28-23(32)21-11-15-10-16(26)4-6-17(15)27-21/h4,6,10-11,14,18,20,27H,3,5,7-9,12-13H2,1-2H3,(H,28,32)(H,29,33)/t14-,18-,20+/m1/s1. The van der Waals surface area contributed by atoms with Crippen molar-refractivity contribution in [3.63, 3.8) is 0 Å². The van der Waals surface area contributed by atoms with E-state index in [0.717, 1.165) is 60.2 Å². The molecule has 0 saturated heterocycles. The van der Waals surface area contributed by atoms with Crippen molar-refractivity contribution in [3.8, 4) is 0 Å². The molecular weight excluding hydrogens is 486 g/mol. The molecule has 3 aromatic rings. The molecule has 1 fully saturated rings. The van der Waals surface area contributed by atoms with Gasteiger partial charge in [-0.15, -0.1) is 11.3 Å². The van der Waals surface area contributed by atoms with Gasteiger partial charge in [0.25, 0.3) is 11.8 Å². The Balaban J connectivity index is 1.31. The van der Waals surface area contributed by atoms with Gasteiger partial charge in [0.15, 0.2) is 5.01 Å². The number of ether oxygens (including phenoxy) is 1. The molecule has 1 aromatic carbocycles. The van der Waals surface area contributed by atoms with Crippen LogP contribution >= 0.6 is 22.9 Å². The highest BCUT2D eigenvalue weighted by Crippen LogP contribution is 2.28. The van der Waals surface area contributed by atoms with E-state index in [4.69, 9.17) is 16.3 Å². The summed E-state index contributed by atoms with van der Waals surface area (Å²) in [6.45, 7) is 2.41. The fourth-order valence-corrected chi connectivity index (χ4v) is 6.37. The van der Waals surface area contributed by atoms with Gasteiger partial charge in [-0.1, -0.05) is 11.6 Å². The zero-order chi connectivity index (χ0) is 24.5. The van der Waals surface area contributed by atoms with Crippen LogP contribution in [0, 0.1) is 5.92 Å². The summed E-state index contributed by atoms with van der Waals surface area (Å²) in [5.41, 5.74) is 2.36. The first-order valence-corrected chi connectivity index (χ1v) is 13.1. The molecule has 0 bridgehead atoms. The molecule has 1 aliphatic carbocycles. The Hall–Kier alpha value is -2.46. The van der Waals surface area contributed by atoms with Gasteiger partial charge in [0.05, 0.1) is 5.69 Å². The Labute approximate surface area is 213 Å². The number of thiazole rings is 1. The van der Waals surface area contributed by atoms with E-state index in [0.29, 0.717) is 28.2 Å². The molecule has 0 spiro atoms. The molecular formula is C25H30ClN5O3S. The molecule has 2 aromatic heterocycles. The molecule has 2 amide bonds. The molecule has 3 atom stereocenters. The third-order valence-electron chi connectivity index (χ3n) is 6.94. The van der Waals surface area contributed by atoms with Crippen molar-refractivity contribution in [3.05, 3.63) is 50.6 Å². The number of rotatable bonds is 6. The number of halogens is 1. The third-order valence-corrected chi connectivity index (χ3v) is 8.25. The van der Waals surface area contributed by atoms with E-state index in [1.165, 1.54) is 11.3 Å². The van der Waals surface area contributed by atoms with Gasteiger partial charge in [-0.3, -0.25) is 9.59 Å². The first kappa shape index (κ1) is 24.2. The van der Waals surface area contributed by atoms with E-state index in [1.807, 2.05) is 12.1 Å². The number of methoxy groups -OCH3 is 1. The van der Waals surface area contributed by atoms with Crippen LogP contribution in [0.5, 0.6) is 0 Å². The van der Waals surface area contributed by atoms with Crippen molar-refractivity contribution in [2.24, 2.45) is 5.92 Å². The lowest BCUT2D eigenvalue weighted by atomic mass is 9.82. The zero-order valence-corrected chi connectivity index (χ0v) is 21.5. The highest BCUT2D eigenvalue weighted by molar-refractivity contribution is 7.13. The van der Waals surface area contributed by atoms with Gasteiger partial charge in [-0.05, 0) is 56.5 Å². The summed E-state index contributed by atoms with van der Waals surface area (Å²) < 4.78 is 5.38. The average molecular weight is 516 g/mol. The third kappa shape index (κ3) is 5.38. The maximum absolute atomic E-state index is 13.2. The monoisotopic (exact) mass is 515 g/mol. The Morgan fingerprint density at radius 2 is 2.06 bits per heavy atom. The van der Waals surface area contributed by atoms with Crippen molar-refractivity contribution in [2.45, 2.75) is 44.3 Å². The number of hydrogen-bond donors (Lipinski definition) is 3. The Morgan fingerprint density at radius 1 is 1.23 bits per heavy atom. The van der Waals surface area contributed by atoms with Crippen LogP contribution in [0.3, 0.4) is 0 Å². The summed E-state index contributed by atoms with van der Waals surface area (Å²) in [5.74, 6) is -0.0408. The Morgan fingerprint density at radius 3 is 2.89 bits per heavy atom. The SMILES string of the molecule is COC[C@@H]1CC[C@@H](NC(=O)c2cc3cc(Cl)ccc3[nH]2)[C@@H](NC(=O)c2nc3c(s2)CN(C)CC3)C1. The number of nitrogens with one attached hydrogen (secondary N) is 3. The number of likely N-dealkylation sites (N-methyl/N-ethyl adjacent to an activating group) is 1. The fourth-order valence-electron chi connectivity index (χ4n) is 5.10. The number of aromatic amines is 1. The lowest BCUT2D eigenvalue weighted by molar-refractivity contribution is 0.0778. The number of carbonyl (C=O) groups excluding carboxylic acids is 2. The zero-order valence-electron chi connectivity index (χ0n) is 19.9. The molecule has 0 radical (unpaired) electrons. The molecule has 186 valence electrons. The van der Waals surface area contributed by atoms with Crippen LogP contribution in [0.2, 0.25) is 5.02 Å². The minimum atomic E-state index is -0.206. The summed E-state index contributed by atoms with van der Waals surface area (Å²) in [5, 5.41) is 8.34. The van der Waals surface area contributed by atoms with Gasteiger partial charge in [-0.2, -0.15) is 0 Å². The molecule has 10 heteroatoms. The minimum Gasteiger partial charge on any atom is -0.384 e. The second-order valence-electron chi connectivity index (χ2n) is 9.59. The molecule has 3 heterocycles. The van der Waals surface area contributed by atoms with Crippen LogP contribution in [-0.2, 0) is 17.7 Å². The molecule has 35 heavy (non-hydrogen) atoms. The Kier molecular flexibility index (Phi) is 7.11.